The maximum atomic E-state index is 4.47. The lowest BCUT2D eigenvalue weighted by Gasteiger charge is -2.15. The summed E-state index contributed by atoms with van der Waals surface area (Å²) < 4.78 is 0. The van der Waals surface area contributed by atoms with Crippen molar-refractivity contribution in [1.82, 2.24) is 15.0 Å². The molecule has 0 saturated carbocycles. The van der Waals surface area contributed by atoms with Crippen molar-refractivity contribution in [3.05, 3.63) is 90.5 Å². The van der Waals surface area contributed by atoms with Crippen LogP contribution in [0.4, 0.5) is 23.0 Å². The number of benzene rings is 2. The predicted molar refractivity (Wildman–Crippen MR) is 129 cm³/mol. The first-order valence-corrected chi connectivity index (χ1v) is 9.12. The summed E-state index contributed by atoms with van der Waals surface area (Å²) in [5, 5.41) is 6.72. The lowest BCUT2D eigenvalue weighted by atomic mass is 9.96. The van der Waals surface area contributed by atoms with Crippen LogP contribution in [0.25, 0.3) is 11.1 Å². The van der Waals surface area contributed by atoms with Crippen LogP contribution in [0.5, 0.6) is 0 Å². The summed E-state index contributed by atoms with van der Waals surface area (Å²) in [6.07, 6.45) is 7.01. The third-order valence-corrected chi connectivity index (χ3v) is 4.50. The Kier molecular flexibility index (Phi) is 8.16. The zero-order chi connectivity index (χ0) is 19.3. The van der Waals surface area contributed by atoms with Crippen LogP contribution in [0, 0.1) is 13.8 Å². The Morgan fingerprint density at radius 2 is 1.17 bits per heavy atom. The lowest BCUT2D eigenvalue weighted by molar-refractivity contribution is 1.19. The van der Waals surface area contributed by atoms with E-state index >= 15 is 0 Å². The van der Waals surface area contributed by atoms with Crippen molar-refractivity contribution in [3.63, 3.8) is 0 Å². The molecule has 2 N–H and O–H groups in total. The van der Waals surface area contributed by atoms with Gasteiger partial charge >= 0.3 is 0 Å². The van der Waals surface area contributed by atoms with E-state index in [0.717, 1.165) is 11.4 Å². The van der Waals surface area contributed by atoms with Crippen molar-refractivity contribution in [1.29, 1.82) is 0 Å². The van der Waals surface area contributed by atoms with Gasteiger partial charge in [0.05, 0.1) is 0 Å². The molecule has 0 saturated heterocycles. The van der Waals surface area contributed by atoms with E-state index in [2.05, 4.69) is 51.6 Å². The molecule has 0 spiro atoms. The first-order chi connectivity index (χ1) is 13.7. The number of nitrogens with one attached hydrogen (secondary N) is 2. The average molecular weight is 440 g/mol. The Morgan fingerprint density at radius 1 is 0.633 bits per heavy atom. The highest BCUT2D eigenvalue weighted by atomic mass is 35.5. The van der Waals surface area contributed by atoms with E-state index in [1.165, 1.54) is 22.3 Å². The van der Waals surface area contributed by atoms with Crippen molar-refractivity contribution >= 4 is 47.8 Å². The van der Waals surface area contributed by atoms with Gasteiger partial charge in [0.2, 0.25) is 0 Å². The minimum absolute atomic E-state index is 0. The van der Waals surface area contributed by atoms with Gasteiger partial charge < -0.3 is 10.6 Å². The fourth-order valence-electron chi connectivity index (χ4n) is 3.33. The second-order valence-electron chi connectivity index (χ2n) is 6.59. The minimum Gasteiger partial charge on any atom is -0.337 e. The molecule has 30 heavy (non-hydrogen) atoms. The second-order valence-corrected chi connectivity index (χ2v) is 6.59. The molecule has 0 aliphatic rings. The van der Waals surface area contributed by atoms with Gasteiger partial charge in [-0.05, 0) is 72.5 Å². The van der Waals surface area contributed by atoms with Gasteiger partial charge in [0.1, 0.15) is 0 Å². The van der Waals surface area contributed by atoms with E-state index in [0.29, 0.717) is 11.6 Å². The first-order valence-electron chi connectivity index (χ1n) is 9.12. The number of anilines is 4. The Morgan fingerprint density at radius 3 is 1.73 bits per heavy atom. The second kappa shape index (κ2) is 10.6. The molecule has 2 aromatic heterocycles. The third kappa shape index (κ3) is 5.26. The highest BCUT2D eigenvalue weighted by Crippen LogP contribution is 2.31. The van der Waals surface area contributed by atoms with E-state index in [4.69, 9.17) is 0 Å². The normalized spacial score (nSPS) is 9.80. The molecule has 0 fully saturated rings. The summed E-state index contributed by atoms with van der Waals surface area (Å²) in [6.45, 7) is 4.24. The number of aryl methyl sites for hydroxylation is 2. The van der Waals surface area contributed by atoms with Gasteiger partial charge in [0, 0.05) is 36.2 Å². The van der Waals surface area contributed by atoms with Crippen LogP contribution in [0.1, 0.15) is 11.1 Å². The molecule has 154 valence electrons. The highest BCUT2D eigenvalue weighted by molar-refractivity contribution is 5.85. The predicted octanol–water partition coefficient (Wildman–Crippen LogP) is 6.49. The maximum Gasteiger partial charge on any atom is 0.173 e. The third-order valence-electron chi connectivity index (χ3n) is 4.50. The SMILES string of the molecule is Cc1cc(Nc2nccnc2Nc2ccccc2)cc(C)c1-c1ccncc1.Cl.Cl. The van der Waals surface area contributed by atoms with E-state index < -0.39 is 0 Å². The molecule has 0 atom stereocenters. The maximum absolute atomic E-state index is 4.47. The van der Waals surface area contributed by atoms with Gasteiger partial charge in [-0.25, -0.2) is 9.97 Å². The smallest absolute Gasteiger partial charge is 0.173 e. The Bertz CT molecular complexity index is 1070. The van der Waals surface area contributed by atoms with Gasteiger partial charge in [-0.1, -0.05) is 18.2 Å². The van der Waals surface area contributed by atoms with Crippen LogP contribution in [0.2, 0.25) is 0 Å². The number of aromatic nitrogens is 3. The molecular weight excluding hydrogens is 417 g/mol. The number of pyridine rings is 1. The Hall–Kier alpha value is -3.15. The molecule has 0 bridgehead atoms. The van der Waals surface area contributed by atoms with E-state index in [9.17, 15) is 0 Å². The molecule has 2 aromatic carbocycles. The van der Waals surface area contributed by atoms with Crippen molar-refractivity contribution in [3.8, 4) is 11.1 Å². The molecule has 0 amide bonds. The number of hydrogen-bond acceptors (Lipinski definition) is 5. The zero-order valence-electron chi connectivity index (χ0n) is 16.7. The van der Waals surface area contributed by atoms with E-state index in [-0.39, 0.29) is 24.8 Å². The summed E-state index contributed by atoms with van der Waals surface area (Å²) >= 11 is 0. The van der Waals surface area contributed by atoms with Crippen LogP contribution in [-0.2, 0) is 0 Å². The molecular formula is C23H23Cl2N5. The zero-order valence-corrected chi connectivity index (χ0v) is 18.3. The molecule has 0 unspecified atom stereocenters. The molecule has 0 radical (unpaired) electrons. The average Bonchev–Trinajstić information content (AvgIpc) is 2.71. The summed E-state index contributed by atoms with van der Waals surface area (Å²) in [5.74, 6) is 1.36. The number of para-hydroxylation sites is 1. The molecule has 4 rings (SSSR count). The van der Waals surface area contributed by atoms with Crippen molar-refractivity contribution in [2.24, 2.45) is 0 Å². The summed E-state index contributed by atoms with van der Waals surface area (Å²) in [6, 6.07) is 18.3. The highest BCUT2D eigenvalue weighted by Gasteiger charge is 2.10. The summed E-state index contributed by atoms with van der Waals surface area (Å²) in [7, 11) is 0. The minimum atomic E-state index is 0. The van der Waals surface area contributed by atoms with Gasteiger partial charge in [-0.3, -0.25) is 4.98 Å². The summed E-state index contributed by atoms with van der Waals surface area (Å²) in [4.78, 5) is 13.0. The molecule has 4 aromatic rings. The first kappa shape index (κ1) is 23.1. The Balaban J connectivity index is 0.00000160. The summed E-state index contributed by atoms with van der Waals surface area (Å²) in [5.41, 5.74) is 6.72. The molecule has 0 aliphatic carbocycles. The van der Waals surface area contributed by atoms with E-state index in [1.54, 1.807) is 12.4 Å². The standard InChI is InChI=1S/C23H21N5.2ClH/c1-16-14-20(15-17(2)21(16)18-8-10-24-11-9-18)28-23-22(25-12-13-26-23)27-19-6-4-3-5-7-19;;/h3-15H,1-2H3,(H,25,27)(H,26,28);2*1H. The lowest BCUT2D eigenvalue weighted by Crippen LogP contribution is -2.02. The van der Waals surface area contributed by atoms with Crippen LogP contribution in [0.3, 0.4) is 0 Å². The molecule has 7 heteroatoms. The van der Waals surface area contributed by atoms with Gasteiger partial charge in [-0.2, -0.15) is 0 Å². The number of halogens is 2. The van der Waals surface area contributed by atoms with Gasteiger partial charge in [0.25, 0.3) is 0 Å². The van der Waals surface area contributed by atoms with Crippen molar-refractivity contribution in [2.75, 3.05) is 10.6 Å². The van der Waals surface area contributed by atoms with Gasteiger partial charge in [-0.15, -0.1) is 24.8 Å². The molecule has 5 nitrogen and oxygen atoms in total. The Labute approximate surface area is 188 Å². The number of nitrogens with zero attached hydrogens (tertiary/aromatic N) is 3. The van der Waals surface area contributed by atoms with Crippen LogP contribution in [0.15, 0.2) is 79.4 Å². The van der Waals surface area contributed by atoms with Gasteiger partial charge in [0.15, 0.2) is 11.6 Å². The molecule has 0 aliphatic heterocycles. The van der Waals surface area contributed by atoms with Crippen molar-refractivity contribution < 1.29 is 0 Å². The largest absolute Gasteiger partial charge is 0.337 e. The molecule has 2 heterocycles. The number of hydrogen-bond donors (Lipinski definition) is 2. The fourth-order valence-corrected chi connectivity index (χ4v) is 3.33. The van der Waals surface area contributed by atoms with E-state index in [1.807, 2.05) is 54.9 Å². The number of rotatable bonds is 5. The van der Waals surface area contributed by atoms with Crippen LogP contribution >= 0.6 is 24.8 Å². The topological polar surface area (TPSA) is 62.7 Å². The quantitative estimate of drug-likeness (QED) is 0.372. The van der Waals surface area contributed by atoms with Crippen LogP contribution in [-0.4, -0.2) is 15.0 Å². The monoisotopic (exact) mass is 439 g/mol. The fraction of sp³-hybridized carbons (Fsp3) is 0.0870. The van der Waals surface area contributed by atoms with Crippen molar-refractivity contribution in [2.45, 2.75) is 13.8 Å². The van der Waals surface area contributed by atoms with Crippen LogP contribution < -0.4 is 10.6 Å².